The standard InChI is InChI=1S/C26H18F4N2S2.Ni/c27-15-7-5-8-16(28)23(15)25(31-19-11-1-3-13-21(19)33)26(24-17(29)9-6-10-18(24)30)32-20-12-2-4-14-22(20)34;/h1-14,25-26,33-34H;/q-2;/p-2. The molecule has 0 saturated heterocycles. The van der Waals surface area contributed by atoms with Gasteiger partial charge >= 0.3 is 0 Å². The van der Waals surface area contributed by atoms with Crippen molar-refractivity contribution in [3.05, 3.63) is 130 Å². The maximum atomic E-state index is 15.0. The maximum absolute atomic E-state index is 15.0. The summed E-state index contributed by atoms with van der Waals surface area (Å²) in [6.07, 6.45) is 0. The third-order valence-corrected chi connectivity index (χ3v) is 5.87. The minimum absolute atomic E-state index is 0. The molecule has 2 unspecified atom stereocenters. The van der Waals surface area contributed by atoms with Gasteiger partial charge in [0.25, 0.3) is 0 Å². The van der Waals surface area contributed by atoms with Crippen LogP contribution in [0.5, 0.6) is 0 Å². The van der Waals surface area contributed by atoms with E-state index < -0.39 is 46.5 Å². The molecule has 2 atom stereocenters. The van der Waals surface area contributed by atoms with Crippen LogP contribution >= 0.6 is 0 Å². The Hall–Kier alpha value is -2.87. The number of para-hydroxylation sites is 2. The third kappa shape index (κ3) is 5.86. The molecule has 4 aromatic rings. The topological polar surface area (TPSA) is 28.2 Å². The van der Waals surface area contributed by atoms with E-state index in [1.54, 1.807) is 48.5 Å². The van der Waals surface area contributed by atoms with Crippen LogP contribution in [-0.4, -0.2) is 0 Å². The number of nitrogens with zero attached hydrogens (tertiary/aromatic N) is 2. The molecule has 184 valence electrons. The fourth-order valence-corrected chi connectivity index (χ4v) is 4.00. The van der Waals surface area contributed by atoms with Crippen LogP contribution in [0, 0.1) is 23.3 Å². The van der Waals surface area contributed by atoms with Crippen LogP contribution in [0.4, 0.5) is 28.9 Å². The molecular formula is C26H16F4N2NiS2-4. The summed E-state index contributed by atoms with van der Waals surface area (Å²) in [5.41, 5.74) is -0.513. The van der Waals surface area contributed by atoms with E-state index in [1.165, 1.54) is 12.1 Å². The van der Waals surface area contributed by atoms with Crippen LogP contribution in [-0.2, 0) is 41.7 Å². The van der Waals surface area contributed by atoms with E-state index in [0.29, 0.717) is 9.79 Å². The van der Waals surface area contributed by atoms with Gasteiger partial charge in [0, 0.05) is 27.6 Å². The second-order valence-corrected chi connectivity index (χ2v) is 8.23. The average Bonchev–Trinajstić information content (AvgIpc) is 2.80. The van der Waals surface area contributed by atoms with E-state index in [1.807, 2.05) is 0 Å². The summed E-state index contributed by atoms with van der Waals surface area (Å²) in [7, 11) is 0. The second-order valence-electron chi connectivity index (χ2n) is 7.35. The number of hydrogen-bond donors (Lipinski definition) is 0. The summed E-state index contributed by atoms with van der Waals surface area (Å²) >= 11 is 10.6. The summed E-state index contributed by atoms with van der Waals surface area (Å²) in [4.78, 5) is 0.612. The van der Waals surface area contributed by atoms with Gasteiger partial charge < -0.3 is 35.9 Å². The molecule has 0 radical (unpaired) electrons. The van der Waals surface area contributed by atoms with Gasteiger partial charge in [0.1, 0.15) is 23.3 Å². The Morgan fingerprint density at radius 2 is 0.800 bits per heavy atom. The molecule has 0 spiro atoms. The molecule has 4 aromatic carbocycles. The zero-order valence-corrected chi connectivity index (χ0v) is 20.4. The zero-order chi connectivity index (χ0) is 24.2. The van der Waals surface area contributed by atoms with Crippen LogP contribution in [0.3, 0.4) is 0 Å². The Labute approximate surface area is 221 Å². The van der Waals surface area contributed by atoms with Gasteiger partial charge in [-0.2, -0.15) is 21.2 Å². The van der Waals surface area contributed by atoms with Crippen molar-refractivity contribution in [3.63, 3.8) is 0 Å². The first-order valence-electron chi connectivity index (χ1n) is 10.2. The van der Waals surface area contributed by atoms with E-state index in [9.17, 15) is 0 Å². The summed E-state index contributed by atoms with van der Waals surface area (Å²) in [5, 5.41) is 8.98. The van der Waals surface area contributed by atoms with E-state index in [2.05, 4.69) is 10.6 Å². The Kier molecular flexibility index (Phi) is 8.94. The Balaban J connectivity index is 0.00000342. The Bertz CT molecular complexity index is 1180. The van der Waals surface area contributed by atoms with Crippen molar-refractivity contribution in [3.8, 4) is 0 Å². The Morgan fingerprint density at radius 1 is 0.486 bits per heavy atom. The van der Waals surface area contributed by atoms with Gasteiger partial charge in [-0.25, -0.2) is 17.6 Å². The van der Waals surface area contributed by atoms with Crippen LogP contribution in [0.15, 0.2) is 94.7 Å². The largest absolute Gasteiger partial charge is 0.781 e. The predicted octanol–water partition coefficient (Wildman–Crippen LogP) is 8.25. The molecule has 0 N–H and O–H groups in total. The van der Waals surface area contributed by atoms with Crippen molar-refractivity contribution in [2.75, 3.05) is 0 Å². The normalized spacial score (nSPS) is 12.3. The first-order chi connectivity index (χ1) is 16.4. The van der Waals surface area contributed by atoms with Crippen molar-refractivity contribution in [1.82, 2.24) is 0 Å². The van der Waals surface area contributed by atoms with Gasteiger partial charge in [0.05, 0.1) is 0 Å². The smallest absolute Gasteiger partial charge is 0.128 e. The first kappa shape index (κ1) is 26.7. The van der Waals surface area contributed by atoms with E-state index in [-0.39, 0.29) is 27.9 Å². The minimum atomic E-state index is -1.49. The summed E-state index contributed by atoms with van der Waals surface area (Å²) in [6, 6.07) is 16.6. The molecule has 9 heteroatoms. The SMILES string of the molecule is Fc1cccc(F)c1C([N-]c1ccccc1[S-])C([N-]c1ccccc1[S-])c1c(F)cccc1F.[Ni]. The number of halogens is 4. The van der Waals surface area contributed by atoms with Crippen LogP contribution in [0.25, 0.3) is 10.6 Å². The van der Waals surface area contributed by atoms with E-state index in [0.717, 1.165) is 24.3 Å². The molecule has 0 saturated carbocycles. The quantitative estimate of drug-likeness (QED) is 0.131. The molecule has 0 aliphatic carbocycles. The molecule has 0 amide bonds. The van der Waals surface area contributed by atoms with Crippen molar-refractivity contribution < 1.29 is 34.1 Å². The third-order valence-electron chi connectivity index (χ3n) is 5.18. The molecule has 0 heterocycles. The molecule has 0 bridgehead atoms. The van der Waals surface area contributed by atoms with Crippen LogP contribution in [0.2, 0.25) is 0 Å². The molecule has 0 aromatic heterocycles. The second kappa shape index (κ2) is 11.7. The van der Waals surface area contributed by atoms with Gasteiger partial charge in [-0.15, -0.1) is 0 Å². The molecule has 0 aliphatic rings. The number of hydrogen-bond acceptors (Lipinski definition) is 2. The van der Waals surface area contributed by atoms with Gasteiger partial charge in [-0.1, -0.05) is 72.7 Å². The van der Waals surface area contributed by atoms with Gasteiger partial charge in [0.15, 0.2) is 0 Å². The molecule has 2 nitrogen and oxygen atoms in total. The molecular weight excluding hydrogens is 539 g/mol. The zero-order valence-electron chi connectivity index (χ0n) is 17.8. The van der Waals surface area contributed by atoms with Crippen molar-refractivity contribution in [1.29, 1.82) is 0 Å². The summed E-state index contributed by atoms with van der Waals surface area (Å²) in [5.74, 6) is -3.73. The van der Waals surface area contributed by atoms with Gasteiger partial charge in [-0.3, -0.25) is 0 Å². The molecule has 4 rings (SSSR count). The Morgan fingerprint density at radius 3 is 1.11 bits per heavy atom. The van der Waals surface area contributed by atoms with Crippen molar-refractivity contribution in [2.24, 2.45) is 0 Å². The van der Waals surface area contributed by atoms with Crippen LogP contribution in [0.1, 0.15) is 23.2 Å². The van der Waals surface area contributed by atoms with Crippen molar-refractivity contribution in [2.45, 2.75) is 21.9 Å². The van der Waals surface area contributed by atoms with Crippen LogP contribution < -0.4 is 0 Å². The first-order valence-corrected chi connectivity index (χ1v) is 11.0. The number of benzene rings is 4. The van der Waals surface area contributed by atoms with E-state index in [4.69, 9.17) is 25.3 Å². The predicted molar refractivity (Wildman–Crippen MR) is 128 cm³/mol. The average molecular weight is 555 g/mol. The summed E-state index contributed by atoms with van der Waals surface area (Å²) in [6.45, 7) is 0. The monoisotopic (exact) mass is 554 g/mol. The molecule has 0 aliphatic heterocycles. The maximum Gasteiger partial charge on any atom is 0.128 e. The summed E-state index contributed by atoms with van der Waals surface area (Å²) < 4.78 is 60.1. The minimum Gasteiger partial charge on any atom is -0.781 e. The fourth-order valence-electron chi connectivity index (χ4n) is 3.60. The van der Waals surface area contributed by atoms with Gasteiger partial charge in [-0.05, 0) is 24.3 Å². The molecule has 35 heavy (non-hydrogen) atoms. The fraction of sp³-hybridized carbons (Fsp3) is 0.0769. The van der Waals surface area contributed by atoms with E-state index >= 15 is 17.6 Å². The van der Waals surface area contributed by atoms with Gasteiger partial charge in [0.2, 0.25) is 0 Å². The number of rotatable bonds is 7. The van der Waals surface area contributed by atoms with Crippen molar-refractivity contribution >= 4 is 36.6 Å². The molecule has 0 fully saturated rings.